The Labute approximate surface area is 231 Å². The zero-order chi connectivity index (χ0) is 28.9. The molecule has 3 N–H and O–H groups in total. The van der Waals surface area contributed by atoms with Gasteiger partial charge in [0.2, 0.25) is 10.0 Å². The molecule has 0 saturated heterocycles. The number of benzene rings is 2. The second-order valence-electron chi connectivity index (χ2n) is 9.42. The average molecular weight is 574 g/mol. The Balaban J connectivity index is 1.57. The number of nitrogens with zero attached hydrogens (tertiary/aromatic N) is 5. The standard InChI is InChI=1S/C28H21F2N7O3S/c1-41(39,40)35-21-10-17(9-20(30)12-21)25-24-26(31)32-15-33-27(24)37(34-25)13-18-11-22-8-7-19(29)14-36(22)28(38)23(18)16-5-3-2-4-6-16/h2-12,14-15,35H,13H2,1H3,(H2,31,32,33). The average Bonchev–Trinajstić information content (AvgIpc) is 3.28. The molecule has 0 radical (unpaired) electrons. The van der Waals surface area contributed by atoms with Crippen LogP contribution in [0, 0.1) is 11.6 Å². The Bertz CT molecular complexity index is 2150. The maximum absolute atomic E-state index is 14.6. The molecule has 6 rings (SSSR count). The van der Waals surface area contributed by atoms with E-state index in [1.807, 2.05) is 6.07 Å². The Morgan fingerprint density at radius 2 is 1.73 bits per heavy atom. The highest BCUT2D eigenvalue weighted by molar-refractivity contribution is 7.92. The lowest BCUT2D eigenvalue weighted by atomic mass is 10.0. The van der Waals surface area contributed by atoms with Crippen molar-refractivity contribution in [2.45, 2.75) is 6.54 Å². The van der Waals surface area contributed by atoms with E-state index in [1.165, 1.54) is 39.7 Å². The van der Waals surface area contributed by atoms with Crippen molar-refractivity contribution in [2.24, 2.45) is 0 Å². The van der Waals surface area contributed by atoms with Gasteiger partial charge in [-0.05, 0) is 47.5 Å². The van der Waals surface area contributed by atoms with E-state index < -0.39 is 27.2 Å². The molecule has 0 fully saturated rings. The van der Waals surface area contributed by atoms with Gasteiger partial charge in [-0.1, -0.05) is 30.3 Å². The van der Waals surface area contributed by atoms with Crippen LogP contribution in [0.15, 0.2) is 84.0 Å². The minimum absolute atomic E-state index is 0.00164. The molecule has 0 amide bonds. The monoisotopic (exact) mass is 573 g/mol. The number of hydrogen-bond acceptors (Lipinski definition) is 7. The first kappa shape index (κ1) is 26.1. The number of halogens is 2. The van der Waals surface area contributed by atoms with Crippen molar-refractivity contribution in [1.82, 2.24) is 24.1 Å². The van der Waals surface area contributed by atoms with E-state index in [-0.39, 0.29) is 29.3 Å². The van der Waals surface area contributed by atoms with Crippen LogP contribution in [-0.4, -0.2) is 38.8 Å². The number of rotatable bonds is 6. The van der Waals surface area contributed by atoms with Crippen molar-refractivity contribution in [2.75, 3.05) is 16.7 Å². The van der Waals surface area contributed by atoms with Gasteiger partial charge in [0.25, 0.3) is 5.56 Å². The molecule has 0 bridgehead atoms. The van der Waals surface area contributed by atoms with Gasteiger partial charge in [-0.25, -0.2) is 31.8 Å². The molecule has 6 aromatic rings. The molecule has 0 aliphatic carbocycles. The number of nitrogen functional groups attached to an aromatic ring is 1. The highest BCUT2D eigenvalue weighted by Gasteiger charge is 2.21. The fourth-order valence-corrected chi connectivity index (χ4v) is 5.38. The Kier molecular flexibility index (Phi) is 6.22. The smallest absolute Gasteiger partial charge is 0.263 e. The lowest BCUT2D eigenvalue weighted by molar-refractivity contribution is 0.606. The SMILES string of the molecule is CS(=O)(=O)Nc1cc(F)cc(-c2nn(Cc3cc4ccc(F)cn4c(=O)c3-c3ccccc3)c3ncnc(N)c23)c1. The largest absolute Gasteiger partial charge is 0.383 e. The lowest BCUT2D eigenvalue weighted by Gasteiger charge is -2.13. The Morgan fingerprint density at radius 3 is 2.49 bits per heavy atom. The van der Waals surface area contributed by atoms with Crippen molar-refractivity contribution in [3.05, 3.63) is 107 Å². The van der Waals surface area contributed by atoms with Gasteiger partial charge in [0.05, 0.1) is 29.4 Å². The van der Waals surface area contributed by atoms with Gasteiger partial charge >= 0.3 is 0 Å². The number of fused-ring (bicyclic) bond motifs is 2. The van der Waals surface area contributed by atoms with Crippen LogP contribution in [0.1, 0.15) is 5.56 Å². The number of nitrogens with one attached hydrogen (secondary N) is 1. The van der Waals surface area contributed by atoms with Crippen LogP contribution >= 0.6 is 0 Å². The Morgan fingerprint density at radius 1 is 0.951 bits per heavy atom. The van der Waals surface area contributed by atoms with Crippen LogP contribution < -0.4 is 16.0 Å². The second-order valence-corrected chi connectivity index (χ2v) is 11.2. The first-order valence-corrected chi connectivity index (χ1v) is 14.1. The number of nitrogens with two attached hydrogens (primary N) is 1. The highest BCUT2D eigenvalue weighted by Crippen LogP contribution is 2.33. The van der Waals surface area contributed by atoms with Gasteiger partial charge in [-0.3, -0.25) is 13.9 Å². The van der Waals surface area contributed by atoms with Crippen LogP contribution in [0.5, 0.6) is 0 Å². The van der Waals surface area contributed by atoms with Crippen LogP contribution in [0.2, 0.25) is 0 Å². The first-order valence-electron chi connectivity index (χ1n) is 12.2. The molecule has 4 heterocycles. The third-order valence-corrected chi connectivity index (χ3v) is 7.04. The molecule has 0 unspecified atom stereocenters. The zero-order valence-corrected chi connectivity index (χ0v) is 22.2. The number of anilines is 2. The summed E-state index contributed by atoms with van der Waals surface area (Å²) in [5, 5.41) is 5.00. The van der Waals surface area contributed by atoms with Crippen LogP contribution in [-0.2, 0) is 16.6 Å². The van der Waals surface area contributed by atoms with Crippen LogP contribution in [0.4, 0.5) is 20.3 Å². The van der Waals surface area contributed by atoms with Gasteiger partial charge in [0.15, 0.2) is 5.65 Å². The Hall–Kier alpha value is -5.17. The normalized spacial score (nSPS) is 11.8. The molecule has 10 nitrogen and oxygen atoms in total. The molecule has 0 aliphatic rings. The van der Waals surface area contributed by atoms with Crippen molar-refractivity contribution in [1.29, 1.82) is 0 Å². The van der Waals surface area contributed by atoms with Gasteiger partial charge in [0, 0.05) is 17.3 Å². The van der Waals surface area contributed by atoms with Gasteiger partial charge in [-0.15, -0.1) is 0 Å². The number of aromatic nitrogens is 5. The molecule has 0 aliphatic heterocycles. The number of hydrogen-bond donors (Lipinski definition) is 2. The predicted octanol–water partition coefficient (Wildman–Crippen LogP) is 4.05. The molecule has 206 valence electrons. The van der Waals surface area contributed by atoms with Crippen molar-refractivity contribution in [3.63, 3.8) is 0 Å². The predicted molar refractivity (Wildman–Crippen MR) is 152 cm³/mol. The third kappa shape index (κ3) is 4.98. The summed E-state index contributed by atoms with van der Waals surface area (Å²) in [6, 6.07) is 17.2. The summed E-state index contributed by atoms with van der Waals surface area (Å²) in [7, 11) is -3.68. The second kappa shape index (κ2) is 9.78. The summed E-state index contributed by atoms with van der Waals surface area (Å²) in [4.78, 5) is 22.1. The van der Waals surface area contributed by atoms with Crippen LogP contribution in [0.25, 0.3) is 38.9 Å². The van der Waals surface area contributed by atoms with E-state index in [9.17, 15) is 22.0 Å². The molecule has 2 aromatic carbocycles. The quantitative estimate of drug-likeness (QED) is 0.307. The third-order valence-electron chi connectivity index (χ3n) is 6.44. The summed E-state index contributed by atoms with van der Waals surface area (Å²) >= 11 is 0. The number of pyridine rings is 2. The minimum atomic E-state index is -3.68. The minimum Gasteiger partial charge on any atom is -0.383 e. The fourth-order valence-electron chi connectivity index (χ4n) is 4.83. The molecule has 41 heavy (non-hydrogen) atoms. The van der Waals surface area contributed by atoms with Gasteiger partial charge < -0.3 is 5.73 Å². The van der Waals surface area contributed by atoms with E-state index >= 15 is 0 Å². The van der Waals surface area contributed by atoms with Crippen molar-refractivity contribution in [3.8, 4) is 22.4 Å². The summed E-state index contributed by atoms with van der Waals surface area (Å²) in [5.74, 6) is -1.18. The first-order chi connectivity index (χ1) is 19.6. The maximum atomic E-state index is 14.6. The van der Waals surface area contributed by atoms with E-state index in [1.54, 1.807) is 30.3 Å². The van der Waals surface area contributed by atoms with E-state index in [4.69, 9.17) is 5.73 Å². The highest BCUT2D eigenvalue weighted by atomic mass is 32.2. The number of sulfonamides is 1. The summed E-state index contributed by atoms with van der Waals surface area (Å²) in [6.45, 7) is 0.0457. The topological polar surface area (TPSA) is 137 Å². The molecule has 0 saturated carbocycles. The van der Waals surface area contributed by atoms with Gasteiger partial charge in [-0.2, -0.15) is 5.10 Å². The molecule has 0 atom stereocenters. The molecular formula is C28H21F2N7O3S. The lowest BCUT2D eigenvalue weighted by Crippen LogP contribution is -2.19. The van der Waals surface area contributed by atoms with Crippen molar-refractivity contribution < 1.29 is 17.2 Å². The fraction of sp³-hybridized carbons (Fsp3) is 0.0714. The molecule has 13 heteroatoms. The van der Waals surface area contributed by atoms with Crippen LogP contribution in [0.3, 0.4) is 0 Å². The molecular weight excluding hydrogens is 552 g/mol. The summed E-state index contributed by atoms with van der Waals surface area (Å²) in [6.07, 6.45) is 3.35. The molecule has 4 aromatic heterocycles. The van der Waals surface area contributed by atoms with E-state index in [0.717, 1.165) is 18.5 Å². The van der Waals surface area contributed by atoms with Gasteiger partial charge in [0.1, 0.15) is 29.5 Å². The maximum Gasteiger partial charge on any atom is 0.263 e. The van der Waals surface area contributed by atoms with E-state index in [2.05, 4.69) is 19.8 Å². The zero-order valence-electron chi connectivity index (χ0n) is 21.4. The summed E-state index contributed by atoms with van der Waals surface area (Å²) in [5.41, 5.74) is 8.56. The van der Waals surface area contributed by atoms with Crippen molar-refractivity contribution >= 4 is 38.1 Å². The summed E-state index contributed by atoms with van der Waals surface area (Å²) < 4.78 is 57.3. The van der Waals surface area contributed by atoms with E-state index in [0.29, 0.717) is 33.2 Å². The molecule has 0 spiro atoms.